The van der Waals surface area contributed by atoms with Crippen LogP contribution in [0.1, 0.15) is 23.2 Å². The van der Waals surface area contributed by atoms with Crippen molar-refractivity contribution in [2.45, 2.75) is 18.9 Å². The van der Waals surface area contributed by atoms with E-state index in [-0.39, 0.29) is 24.4 Å². The smallest absolute Gasteiger partial charge is 0.255 e. The van der Waals surface area contributed by atoms with Crippen LogP contribution >= 0.6 is 12.4 Å². The van der Waals surface area contributed by atoms with Crippen molar-refractivity contribution >= 4 is 29.7 Å². The second-order valence-corrected chi connectivity index (χ2v) is 5.88. The first-order chi connectivity index (χ1) is 12.2. The summed E-state index contributed by atoms with van der Waals surface area (Å²) in [5.74, 6) is 0.993. The van der Waals surface area contributed by atoms with Crippen LogP contribution in [0.4, 0.5) is 11.4 Å². The quantitative estimate of drug-likeness (QED) is 0.751. The normalized spacial score (nSPS) is 15.8. The average molecular weight is 379 g/mol. The van der Waals surface area contributed by atoms with Gasteiger partial charge < -0.3 is 25.3 Å². The number of ether oxygens (including phenoxy) is 3. The molecule has 140 valence electrons. The van der Waals surface area contributed by atoms with E-state index in [1.165, 1.54) is 0 Å². The van der Waals surface area contributed by atoms with Crippen LogP contribution in [-0.2, 0) is 4.74 Å². The van der Waals surface area contributed by atoms with Crippen molar-refractivity contribution in [3.8, 4) is 11.5 Å². The van der Waals surface area contributed by atoms with Gasteiger partial charge in [-0.25, -0.2) is 0 Å². The maximum atomic E-state index is 12.4. The van der Waals surface area contributed by atoms with E-state index in [1.54, 1.807) is 43.5 Å². The summed E-state index contributed by atoms with van der Waals surface area (Å²) in [5.41, 5.74) is 7.45. The Bertz CT molecular complexity index is 748. The van der Waals surface area contributed by atoms with Gasteiger partial charge in [0.05, 0.1) is 18.9 Å². The molecule has 2 aromatic carbocycles. The molecule has 1 heterocycles. The van der Waals surface area contributed by atoms with Crippen molar-refractivity contribution in [2.24, 2.45) is 0 Å². The molecule has 1 fully saturated rings. The number of nitrogen functional groups attached to an aromatic ring is 1. The van der Waals surface area contributed by atoms with Crippen molar-refractivity contribution in [3.63, 3.8) is 0 Å². The molecule has 0 aliphatic carbocycles. The number of rotatable bonds is 6. The number of carbonyl (C=O) groups is 1. The van der Waals surface area contributed by atoms with E-state index in [2.05, 4.69) is 5.32 Å². The molecule has 0 aromatic heterocycles. The van der Waals surface area contributed by atoms with Crippen molar-refractivity contribution in [3.05, 3.63) is 48.0 Å². The Balaban J connectivity index is 0.00000243. The summed E-state index contributed by atoms with van der Waals surface area (Å²) in [5, 5.41) is 2.82. The maximum absolute atomic E-state index is 12.4. The van der Waals surface area contributed by atoms with Gasteiger partial charge in [0.15, 0.2) is 0 Å². The van der Waals surface area contributed by atoms with E-state index in [0.29, 0.717) is 35.0 Å². The van der Waals surface area contributed by atoms with E-state index in [4.69, 9.17) is 19.9 Å². The lowest BCUT2D eigenvalue weighted by molar-refractivity contribution is 0.0679. The van der Waals surface area contributed by atoms with Gasteiger partial charge in [-0.05, 0) is 49.2 Å². The first-order valence-corrected chi connectivity index (χ1v) is 8.25. The molecular formula is C19H23ClN2O4. The van der Waals surface area contributed by atoms with Crippen molar-refractivity contribution in [1.29, 1.82) is 0 Å². The lowest BCUT2D eigenvalue weighted by Crippen LogP contribution is -2.17. The van der Waals surface area contributed by atoms with Crippen LogP contribution in [0.5, 0.6) is 11.5 Å². The SMILES string of the molecule is COc1ccc(NC(=O)c2cccc(OCC3CCCO3)c2)cc1N.Cl. The third-order valence-corrected chi connectivity index (χ3v) is 4.04. The van der Waals surface area contributed by atoms with Crippen LogP contribution in [0.25, 0.3) is 0 Å². The molecule has 0 radical (unpaired) electrons. The molecule has 6 nitrogen and oxygen atoms in total. The van der Waals surface area contributed by atoms with Gasteiger partial charge in [-0.1, -0.05) is 6.07 Å². The number of benzene rings is 2. The van der Waals surface area contributed by atoms with E-state index in [9.17, 15) is 4.79 Å². The fourth-order valence-electron chi connectivity index (χ4n) is 2.71. The molecule has 0 bridgehead atoms. The zero-order chi connectivity index (χ0) is 17.6. The fraction of sp³-hybridized carbons (Fsp3) is 0.316. The van der Waals surface area contributed by atoms with Gasteiger partial charge in [-0.2, -0.15) is 0 Å². The number of amides is 1. The van der Waals surface area contributed by atoms with Gasteiger partial charge >= 0.3 is 0 Å². The molecule has 1 aliphatic heterocycles. The topological polar surface area (TPSA) is 82.8 Å². The number of halogens is 1. The van der Waals surface area contributed by atoms with Crippen LogP contribution in [0, 0.1) is 0 Å². The minimum absolute atomic E-state index is 0. The van der Waals surface area contributed by atoms with Crippen LogP contribution < -0.4 is 20.5 Å². The highest BCUT2D eigenvalue weighted by molar-refractivity contribution is 6.04. The zero-order valence-corrected chi connectivity index (χ0v) is 15.4. The Morgan fingerprint density at radius 3 is 2.85 bits per heavy atom. The number of nitrogens with one attached hydrogen (secondary N) is 1. The van der Waals surface area contributed by atoms with E-state index in [0.717, 1.165) is 19.4 Å². The number of carbonyl (C=O) groups excluding carboxylic acids is 1. The highest BCUT2D eigenvalue weighted by Gasteiger charge is 2.16. The van der Waals surface area contributed by atoms with Crippen LogP contribution in [0.3, 0.4) is 0 Å². The average Bonchev–Trinajstić information content (AvgIpc) is 3.14. The Morgan fingerprint density at radius 1 is 1.31 bits per heavy atom. The monoisotopic (exact) mass is 378 g/mol. The van der Waals surface area contributed by atoms with Crippen LogP contribution in [-0.4, -0.2) is 32.3 Å². The summed E-state index contributed by atoms with van der Waals surface area (Å²) in [6.07, 6.45) is 2.22. The second-order valence-electron chi connectivity index (χ2n) is 5.88. The van der Waals surface area contributed by atoms with Crippen LogP contribution in [0.15, 0.2) is 42.5 Å². The first-order valence-electron chi connectivity index (χ1n) is 8.25. The number of anilines is 2. The summed E-state index contributed by atoms with van der Waals surface area (Å²) in [6, 6.07) is 12.2. The molecule has 3 N–H and O–H groups in total. The molecule has 26 heavy (non-hydrogen) atoms. The fourth-order valence-corrected chi connectivity index (χ4v) is 2.71. The van der Waals surface area contributed by atoms with Gasteiger partial charge in [0.1, 0.15) is 18.1 Å². The number of methoxy groups -OCH3 is 1. The van der Waals surface area contributed by atoms with Crippen molar-refractivity contribution in [2.75, 3.05) is 31.4 Å². The zero-order valence-electron chi connectivity index (χ0n) is 14.6. The molecule has 0 spiro atoms. The van der Waals surface area contributed by atoms with Gasteiger partial charge in [0, 0.05) is 17.9 Å². The van der Waals surface area contributed by atoms with Crippen LogP contribution in [0.2, 0.25) is 0 Å². The number of hydrogen-bond donors (Lipinski definition) is 2. The highest BCUT2D eigenvalue weighted by atomic mass is 35.5. The molecule has 1 saturated heterocycles. The molecule has 7 heteroatoms. The molecule has 2 aromatic rings. The predicted molar refractivity (Wildman–Crippen MR) is 104 cm³/mol. The molecular weight excluding hydrogens is 356 g/mol. The lowest BCUT2D eigenvalue weighted by Gasteiger charge is -2.12. The second kappa shape index (κ2) is 9.31. The molecule has 1 amide bonds. The summed E-state index contributed by atoms with van der Waals surface area (Å²) in [6.45, 7) is 1.29. The van der Waals surface area contributed by atoms with Gasteiger partial charge in [0.25, 0.3) is 5.91 Å². The molecule has 3 rings (SSSR count). The van der Waals surface area contributed by atoms with Gasteiger partial charge in [-0.3, -0.25) is 4.79 Å². The van der Waals surface area contributed by atoms with Gasteiger partial charge in [-0.15, -0.1) is 12.4 Å². The van der Waals surface area contributed by atoms with Crippen molar-refractivity contribution < 1.29 is 19.0 Å². The summed E-state index contributed by atoms with van der Waals surface area (Å²) in [7, 11) is 1.55. The predicted octanol–water partition coefficient (Wildman–Crippen LogP) is 3.51. The third-order valence-electron chi connectivity index (χ3n) is 4.04. The molecule has 1 atom stereocenters. The Kier molecular flexibility index (Phi) is 7.12. The first kappa shape index (κ1) is 19.9. The molecule has 0 saturated carbocycles. The minimum Gasteiger partial charge on any atom is -0.495 e. The highest BCUT2D eigenvalue weighted by Crippen LogP contribution is 2.25. The Labute approximate surface area is 159 Å². The maximum Gasteiger partial charge on any atom is 0.255 e. The van der Waals surface area contributed by atoms with Crippen molar-refractivity contribution in [1.82, 2.24) is 0 Å². The number of hydrogen-bond acceptors (Lipinski definition) is 5. The summed E-state index contributed by atoms with van der Waals surface area (Å²) in [4.78, 5) is 12.4. The lowest BCUT2D eigenvalue weighted by atomic mass is 10.2. The van der Waals surface area contributed by atoms with E-state index in [1.807, 2.05) is 6.07 Å². The standard InChI is InChI=1S/C19H22N2O4.ClH/c1-23-18-8-7-14(11-17(18)20)21-19(22)13-4-2-5-15(10-13)25-12-16-6-3-9-24-16;/h2,4-5,7-8,10-11,16H,3,6,9,12,20H2,1H3,(H,21,22);1H. The Hall–Kier alpha value is -2.44. The third kappa shape index (κ3) is 5.03. The molecule has 1 unspecified atom stereocenters. The largest absolute Gasteiger partial charge is 0.495 e. The summed E-state index contributed by atoms with van der Waals surface area (Å²) < 4.78 is 16.4. The summed E-state index contributed by atoms with van der Waals surface area (Å²) >= 11 is 0. The Morgan fingerprint density at radius 2 is 2.15 bits per heavy atom. The van der Waals surface area contributed by atoms with E-state index < -0.39 is 0 Å². The molecule has 1 aliphatic rings. The minimum atomic E-state index is -0.230. The van der Waals surface area contributed by atoms with E-state index >= 15 is 0 Å². The number of nitrogens with two attached hydrogens (primary N) is 1. The van der Waals surface area contributed by atoms with Gasteiger partial charge in [0.2, 0.25) is 0 Å².